The molecule has 2 rings (SSSR count). The van der Waals surface area contributed by atoms with Crippen LogP contribution < -0.4 is 10.1 Å². The molecule has 1 atom stereocenters. The number of hydrogen-bond acceptors (Lipinski definition) is 6. The second-order valence-corrected chi connectivity index (χ2v) is 6.78. The van der Waals surface area contributed by atoms with Gasteiger partial charge in [0.15, 0.2) is 6.61 Å². The van der Waals surface area contributed by atoms with E-state index in [1.54, 1.807) is 38.1 Å². The fourth-order valence-electron chi connectivity index (χ4n) is 2.75. The van der Waals surface area contributed by atoms with Gasteiger partial charge in [-0.15, -0.1) is 0 Å². The molecule has 2 aromatic rings. The summed E-state index contributed by atoms with van der Waals surface area (Å²) < 4.78 is 10.6. The lowest BCUT2D eigenvalue weighted by Crippen LogP contribution is -2.34. The molecule has 0 heterocycles. The van der Waals surface area contributed by atoms with Crippen LogP contribution in [0.15, 0.2) is 48.5 Å². The van der Waals surface area contributed by atoms with Gasteiger partial charge in [-0.1, -0.05) is 30.3 Å². The van der Waals surface area contributed by atoms with E-state index in [0.29, 0.717) is 5.75 Å². The molecule has 1 amide bonds. The van der Waals surface area contributed by atoms with Crippen LogP contribution in [0.2, 0.25) is 0 Å². The number of carbonyl (C=O) groups excluding carboxylic acids is 2. The molecule has 0 fully saturated rings. The number of para-hydroxylation sites is 1. The number of nitro groups is 1. The molecule has 8 heteroatoms. The SMILES string of the molecule is Cc1cccc(OCC(=O)NC(CC(=O)OC(C)C)c2ccccc2[N+](=O)[O-])c1. The Morgan fingerprint density at radius 3 is 2.52 bits per heavy atom. The lowest BCUT2D eigenvalue weighted by molar-refractivity contribution is -0.385. The van der Waals surface area contributed by atoms with Crippen LogP contribution in [0.25, 0.3) is 0 Å². The number of rotatable bonds is 9. The third-order valence-electron chi connectivity index (χ3n) is 3.94. The number of carbonyl (C=O) groups is 2. The van der Waals surface area contributed by atoms with Crippen LogP contribution in [0.3, 0.4) is 0 Å². The maximum absolute atomic E-state index is 12.4. The van der Waals surface area contributed by atoms with Gasteiger partial charge in [0.25, 0.3) is 11.6 Å². The standard InChI is InChI=1S/C21H24N2O6/c1-14(2)29-21(25)12-18(17-9-4-5-10-19(17)23(26)27)22-20(24)13-28-16-8-6-7-15(3)11-16/h4-11,14,18H,12-13H2,1-3H3,(H,22,24). The van der Waals surface area contributed by atoms with Crippen LogP contribution in [0, 0.1) is 17.0 Å². The third kappa shape index (κ3) is 6.91. The maximum atomic E-state index is 12.4. The molecule has 0 aromatic heterocycles. The van der Waals surface area contributed by atoms with Crippen molar-refractivity contribution in [3.8, 4) is 5.75 Å². The Kier molecular flexibility index (Phi) is 7.70. The minimum Gasteiger partial charge on any atom is -0.484 e. The van der Waals surface area contributed by atoms with E-state index in [9.17, 15) is 19.7 Å². The lowest BCUT2D eigenvalue weighted by Gasteiger charge is -2.19. The minimum atomic E-state index is -0.920. The average molecular weight is 400 g/mol. The van der Waals surface area contributed by atoms with Crippen LogP contribution >= 0.6 is 0 Å². The first-order valence-electron chi connectivity index (χ1n) is 9.18. The monoisotopic (exact) mass is 400 g/mol. The van der Waals surface area contributed by atoms with Crippen molar-refractivity contribution in [3.05, 3.63) is 69.8 Å². The number of amides is 1. The highest BCUT2D eigenvalue weighted by atomic mass is 16.6. The molecule has 154 valence electrons. The molecule has 0 saturated carbocycles. The number of aryl methyl sites for hydroxylation is 1. The van der Waals surface area contributed by atoms with Gasteiger partial charge < -0.3 is 14.8 Å². The Labute approximate surface area is 169 Å². The number of nitrogens with zero attached hydrogens (tertiary/aromatic N) is 1. The highest BCUT2D eigenvalue weighted by Crippen LogP contribution is 2.27. The van der Waals surface area contributed by atoms with Crippen molar-refractivity contribution in [3.63, 3.8) is 0 Å². The second kappa shape index (κ2) is 10.2. The molecule has 0 spiro atoms. The van der Waals surface area contributed by atoms with Crippen molar-refractivity contribution in [2.24, 2.45) is 0 Å². The van der Waals surface area contributed by atoms with Crippen molar-refractivity contribution in [1.29, 1.82) is 0 Å². The van der Waals surface area contributed by atoms with Crippen LogP contribution in [-0.2, 0) is 14.3 Å². The van der Waals surface area contributed by atoms with Gasteiger partial charge >= 0.3 is 5.97 Å². The van der Waals surface area contributed by atoms with Gasteiger partial charge in [-0.3, -0.25) is 19.7 Å². The molecule has 2 aromatic carbocycles. The highest BCUT2D eigenvalue weighted by molar-refractivity contribution is 5.79. The molecule has 0 saturated heterocycles. The van der Waals surface area contributed by atoms with Gasteiger partial charge in [-0.25, -0.2) is 0 Å². The Balaban J connectivity index is 2.15. The zero-order valence-electron chi connectivity index (χ0n) is 16.6. The van der Waals surface area contributed by atoms with Crippen molar-refractivity contribution < 1.29 is 24.0 Å². The van der Waals surface area contributed by atoms with Crippen LogP contribution in [0.5, 0.6) is 5.75 Å². The molecular formula is C21H24N2O6. The summed E-state index contributed by atoms with van der Waals surface area (Å²) in [6, 6.07) is 12.3. The summed E-state index contributed by atoms with van der Waals surface area (Å²) in [4.78, 5) is 35.4. The first kappa shape index (κ1) is 21.9. The quantitative estimate of drug-likeness (QED) is 0.392. The van der Waals surface area contributed by atoms with E-state index < -0.39 is 22.8 Å². The Morgan fingerprint density at radius 2 is 1.86 bits per heavy atom. The van der Waals surface area contributed by atoms with E-state index in [2.05, 4.69) is 5.32 Å². The normalized spacial score (nSPS) is 11.6. The summed E-state index contributed by atoms with van der Waals surface area (Å²) in [5.41, 5.74) is 1.02. The van der Waals surface area contributed by atoms with E-state index in [1.807, 2.05) is 13.0 Å². The first-order chi connectivity index (χ1) is 13.8. The molecule has 0 aliphatic carbocycles. The zero-order valence-corrected chi connectivity index (χ0v) is 16.6. The molecule has 0 aliphatic rings. The van der Waals surface area contributed by atoms with Gasteiger partial charge in [0, 0.05) is 6.07 Å². The number of hydrogen-bond donors (Lipinski definition) is 1. The van der Waals surface area contributed by atoms with Crippen molar-refractivity contribution in [2.45, 2.75) is 39.3 Å². The smallest absolute Gasteiger partial charge is 0.308 e. The van der Waals surface area contributed by atoms with Gasteiger partial charge in [0.05, 0.1) is 29.1 Å². The molecule has 1 unspecified atom stereocenters. The first-order valence-corrected chi connectivity index (χ1v) is 9.18. The number of ether oxygens (including phenoxy) is 2. The molecular weight excluding hydrogens is 376 g/mol. The molecule has 1 N–H and O–H groups in total. The Hall–Kier alpha value is -3.42. The van der Waals surface area contributed by atoms with E-state index in [1.165, 1.54) is 18.2 Å². The second-order valence-electron chi connectivity index (χ2n) is 6.78. The van der Waals surface area contributed by atoms with Gasteiger partial charge in [0.2, 0.25) is 0 Å². The van der Waals surface area contributed by atoms with Crippen molar-refractivity contribution in [1.82, 2.24) is 5.32 Å². The third-order valence-corrected chi connectivity index (χ3v) is 3.94. The Morgan fingerprint density at radius 1 is 1.14 bits per heavy atom. The number of esters is 1. The van der Waals surface area contributed by atoms with Gasteiger partial charge in [0.1, 0.15) is 5.75 Å². The summed E-state index contributed by atoms with van der Waals surface area (Å²) in [6.07, 6.45) is -0.576. The van der Waals surface area contributed by atoms with E-state index in [-0.39, 0.29) is 30.4 Å². The molecule has 0 bridgehead atoms. The highest BCUT2D eigenvalue weighted by Gasteiger charge is 2.26. The molecule has 8 nitrogen and oxygen atoms in total. The van der Waals surface area contributed by atoms with Crippen molar-refractivity contribution >= 4 is 17.6 Å². The van der Waals surface area contributed by atoms with E-state index in [4.69, 9.17) is 9.47 Å². The van der Waals surface area contributed by atoms with E-state index in [0.717, 1.165) is 5.56 Å². The largest absolute Gasteiger partial charge is 0.484 e. The number of nitro benzene ring substituents is 1. The van der Waals surface area contributed by atoms with Crippen LogP contribution in [-0.4, -0.2) is 29.5 Å². The predicted octanol–water partition coefficient (Wildman–Crippen LogP) is 3.48. The number of nitrogens with one attached hydrogen (secondary N) is 1. The zero-order chi connectivity index (χ0) is 21.4. The summed E-state index contributed by atoms with van der Waals surface area (Å²) >= 11 is 0. The predicted molar refractivity (Wildman–Crippen MR) is 106 cm³/mol. The fourth-order valence-corrected chi connectivity index (χ4v) is 2.75. The summed E-state index contributed by atoms with van der Waals surface area (Å²) in [5, 5.41) is 14.0. The summed E-state index contributed by atoms with van der Waals surface area (Å²) in [5.74, 6) is -0.545. The maximum Gasteiger partial charge on any atom is 0.308 e. The average Bonchev–Trinajstić information content (AvgIpc) is 2.65. The minimum absolute atomic E-state index is 0.185. The molecule has 0 radical (unpaired) electrons. The lowest BCUT2D eigenvalue weighted by atomic mass is 10.0. The Bertz CT molecular complexity index is 881. The van der Waals surface area contributed by atoms with Crippen molar-refractivity contribution in [2.75, 3.05) is 6.61 Å². The summed E-state index contributed by atoms with van der Waals surface area (Å²) in [7, 11) is 0. The van der Waals surface area contributed by atoms with Gasteiger partial charge in [-0.2, -0.15) is 0 Å². The van der Waals surface area contributed by atoms with E-state index >= 15 is 0 Å². The molecule has 0 aliphatic heterocycles. The van der Waals surface area contributed by atoms with Crippen LogP contribution in [0.4, 0.5) is 5.69 Å². The number of benzene rings is 2. The topological polar surface area (TPSA) is 108 Å². The fraction of sp³-hybridized carbons (Fsp3) is 0.333. The summed E-state index contributed by atoms with van der Waals surface area (Å²) in [6.45, 7) is 5.01. The van der Waals surface area contributed by atoms with Gasteiger partial charge in [-0.05, 0) is 38.5 Å². The van der Waals surface area contributed by atoms with Crippen LogP contribution in [0.1, 0.15) is 37.4 Å². The molecule has 29 heavy (non-hydrogen) atoms.